The summed E-state index contributed by atoms with van der Waals surface area (Å²) in [5, 5.41) is 4.20. The molecule has 0 N–H and O–H groups in total. The van der Waals surface area contributed by atoms with Gasteiger partial charge in [0.2, 0.25) is 0 Å². The van der Waals surface area contributed by atoms with Crippen molar-refractivity contribution in [2.24, 2.45) is 0 Å². The summed E-state index contributed by atoms with van der Waals surface area (Å²) in [5.74, 6) is -0.235. The molecule has 1 aliphatic rings. The van der Waals surface area contributed by atoms with E-state index in [1.165, 1.54) is 0 Å². The monoisotopic (exact) mass is 367 g/mol. The molecule has 0 aromatic heterocycles. The minimum atomic E-state index is -0.168. The second-order valence-electron chi connectivity index (χ2n) is 4.28. The molecule has 2 nitrogen and oxygen atoms in total. The third kappa shape index (κ3) is 4.85. The van der Waals surface area contributed by atoms with Crippen molar-refractivity contribution in [3.63, 3.8) is 0 Å². The maximum atomic E-state index is 12.0. The van der Waals surface area contributed by atoms with Gasteiger partial charge in [0.1, 0.15) is 0 Å². The van der Waals surface area contributed by atoms with Crippen LogP contribution in [0.4, 0.5) is 5.69 Å². The van der Waals surface area contributed by atoms with Crippen molar-refractivity contribution in [2.75, 3.05) is 0 Å². The minimum absolute atomic E-state index is 0. The summed E-state index contributed by atoms with van der Waals surface area (Å²) >= 11 is 0. The van der Waals surface area contributed by atoms with Gasteiger partial charge in [-0.25, -0.2) is 0 Å². The normalized spacial score (nSPS) is 14.2. The number of fused-ring (bicyclic) bond motifs is 3. The molecule has 0 aliphatic carbocycles. The van der Waals surface area contributed by atoms with Crippen LogP contribution in [0, 0.1) is 0 Å². The molecule has 0 saturated heterocycles. The summed E-state index contributed by atoms with van der Waals surface area (Å²) in [6.45, 7) is 9.91. The number of nitrogens with zero attached hydrogens (tertiary/aromatic N) is 1. The molecule has 0 bridgehead atoms. The summed E-state index contributed by atoms with van der Waals surface area (Å²) < 4.78 is 0. The molecule has 1 amide bonds. The van der Waals surface area contributed by atoms with E-state index >= 15 is 0 Å². The van der Waals surface area contributed by atoms with Gasteiger partial charge in [0, 0.05) is 5.92 Å². The molecule has 1 heterocycles. The van der Waals surface area contributed by atoms with E-state index in [9.17, 15) is 4.79 Å². The van der Waals surface area contributed by atoms with Crippen molar-refractivity contribution < 1.29 is 63.0 Å². The van der Waals surface area contributed by atoms with E-state index in [1.807, 2.05) is 77.1 Å². The van der Waals surface area contributed by atoms with Crippen molar-refractivity contribution in [1.82, 2.24) is 0 Å². The fourth-order valence-electron chi connectivity index (χ4n) is 2.27. The number of amides is 1. The molecule has 1 unspecified atom stereocenters. The van der Waals surface area contributed by atoms with Gasteiger partial charge in [0.25, 0.3) is 0 Å². The molecule has 2 aromatic rings. The van der Waals surface area contributed by atoms with Gasteiger partial charge in [-0.2, -0.15) is 0 Å². The van der Waals surface area contributed by atoms with E-state index in [2.05, 4.69) is 11.4 Å². The molecule has 0 saturated carbocycles. The van der Waals surface area contributed by atoms with E-state index in [4.69, 9.17) is 0 Å². The Hall–Kier alpha value is -0.285. The van der Waals surface area contributed by atoms with Crippen LogP contribution in [0.5, 0.6) is 0 Å². The summed E-state index contributed by atoms with van der Waals surface area (Å²) in [6, 6.07) is 15.8. The first-order valence-electron chi connectivity index (χ1n) is 7.71. The third-order valence-electron chi connectivity index (χ3n) is 3.22. The summed E-state index contributed by atoms with van der Waals surface area (Å²) in [6.07, 6.45) is 0. The predicted octanol–water partition coefficient (Wildman–Crippen LogP) is 3.06. The van der Waals surface area contributed by atoms with E-state index < -0.39 is 0 Å². The molecule has 3 rings (SSSR count). The van der Waals surface area contributed by atoms with Gasteiger partial charge in [-0.05, 0) is 16.7 Å². The van der Waals surface area contributed by atoms with Gasteiger partial charge in [-0.15, -0.1) is 5.69 Å². The average Bonchev–Trinajstić information content (AvgIpc) is 2.68. The summed E-state index contributed by atoms with van der Waals surface area (Å²) in [4.78, 5) is 12.0. The Morgan fingerprint density at radius 1 is 0.818 bits per heavy atom. The van der Waals surface area contributed by atoms with Crippen LogP contribution in [0.15, 0.2) is 48.5 Å². The number of rotatable bonds is 0. The Balaban J connectivity index is 0.000000819. The van der Waals surface area contributed by atoms with Crippen LogP contribution in [0.25, 0.3) is 16.4 Å². The van der Waals surface area contributed by atoms with Gasteiger partial charge in [0.05, 0.1) is 5.91 Å². The van der Waals surface area contributed by atoms with E-state index in [-0.39, 0.29) is 70.0 Å². The molecule has 0 fully saturated rings. The summed E-state index contributed by atoms with van der Waals surface area (Å²) in [7, 11) is 0. The largest absolute Gasteiger partial charge is 1.00 e. The van der Waals surface area contributed by atoms with E-state index in [0.29, 0.717) is 0 Å². The Labute approximate surface area is 183 Å². The molecule has 112 valence electrons. The maximum Gasteiger partial charge on any atom is 1.00 e. The van der Waals surface area contributed by atoms with Crippen molar-refractivity contribution in [3.05, 3.63) is 59.4 Å². The second kappa shape index (κ2) is 11.3. The van der Waals surface area contributed by atoms with Crippen LogP contribution < -0.4 is 58.2 Å². The van der Waals surface area contributed by atoms with Gasteiger partial charge >= 0.3 is 58.2 Å². The van der Waals surface area contributed by atoms with Crippen LogP contribution >= 0.6 is 0 Å². The standard InChI is InChI=1S/C15H13NO.2C2H6.Rb/c1-10-11-6-2-3-7-12(11)13-8-4-5-9-14(13)16-15(10)17;2*1-2;/h2-10H,1H3,(H,16,17);2*1-2H3;/q;;;+1/p-1. The minimum Gasteiger partial charge on any atom is -0.626 e. The van der Waals surface area contributed by atoms with Gasteiger partial charge < -0.3 is 10.1 Å². The number of benzene rings is 2. The van der Waals surface area contributed by atoms with Gasteiger partial charge in [-0.3, -0.25) is 0 Å². The zero-order valence-electron chi connectivity index (χ0n) is 14.6. The molecular weight excluding hydrogens is 344 g/mol. The van der Waals surface area contributed by atoms with Crippen molar-refractivity contribution in [1.29, 1.82) is 0 Å². The molecule has 1 aliphatic heterocycles. The zero-order chi connectivity index (χ0) is 15.8. The number of hydrogen-bond donors (Lipinski definition) is 0. The number of carbonyl (C=O) groups is 1. The maximum absolute atomic E-state index is 12.0. The zero-order valence-corrected chi connectivity index (χ0v) is 19.5. The fourth-order valence-corrected chi connectivity index (χ4v) is 2.27. The van der Waals surface area contributed by atoms with Crippen LogP contribution in [0.2, 0.25) is 0 Å². The first-order chi connectivity index (χ1) is 10.3. The van der Waals surface area contributed by atoms with E-state index in [1.54, 1.807) is 0 Å². The number of carbonyl (C=O) groups excluding carboxylic acids is 1. The Bertz CT molecular complexity index is 595. The van der Waals surface area contributed by atoms with E-state index in [0.717, 1.165) is 22.4 Å². The smallest absolute Gasteiger partial charge is 0.626 e. The average molecular weight is 368 g/mol. The molecule has 0 spiro atoms. The first kappa shape index (κ1) is 21.7. The Morgan fingerprint density at radius 3 is 1.95 bits per heavy atom. The van der Waals surface area contributed by atoms with Gasteiger partial charge in [0.15, 0.2) is 0 Å². The molecule has 2 aromatic carbocycles. The predicted molar refractivity (Wildman–Crippen MR) is 91.0 cm³/mol. The van der Waals surface area contributed by atoms with Crippen molar-refractivity contribution >= 4 is 11.6 Å². The van der Waals surface area contributed by atoms with Gasteiger partial charge in [-0.1, -0.05) is 83.1 Å². The molecule has 3 heteroatoms. The Kier molecular flexibility index (Phi) is 11.1. The second-order valence-corrected chi connectivity index (χ2v) is 4.28. The number of para-hydroxylation sites is 1. The van der Waals surface area contributed by atoms with Crippen LogP contribution in [0.1, 0.15) is 46.1 Å². The molecule has 1 atom stereocenters. The third-order valence-corrected chi connectivity index (χ3v) is 3.22. The summed E-state index contributed by atoms with van der Waals surface area (Å²) in [5.41, 5.74) is 3.99. The van der Waals surface area contributed by atoms with Crippen molar-refractivity contribution in [2.45, 2.75) is 40.5 Å². The molecular formula is C19H24NORb. The Morgan fingerprint density at radius 2 is 1.32 bits per heavy atom. The first-order valence-corrected chi connectivity index (χ1v) is 7.71. The SMILES string of the molecule is CC.CC.CC1C(=O)[N-]c2ccccc2-c2ccccc21.[Rb+]. The number of hydrogen-bond acceptors (Lipinski definition) is 1. The topological polar surface area (TPSA) is 31.2 Å². The quantitative estimate of drug-likeness (QED) is 0.704. The van der Waals surface area contributed by atoms with Crippen LogP contribution in [-0.2, 0) is 4.79 Å². The fraction of sp³-hybridized carbons (Fsp3) is 0.316. The van der Waals surface area contributed by atoms with Crippen LogP contribution in [0.3, 0.4) is 0 Å². The molecule has 0 radical (unpaired) electrons. The van der Waals surface area contributed by atoms with Crippen molar-refractivity contribution in [3.8, 4) is 11.1 Å². The van der Waals surface area contributed by atoms with Crippen LogP contribution in [-0.4, -0.2) is 5.91 Å². The molecule has 22 heavy (non-hydrogen) atoms.